The molecule has 150 valence electrons. The van der Waals surface area contributed by atoms with E-state index in [0.29, 0.717) is 18.7 Å². The van der Waals surface area contributed by atoms with Gasteiger partial charge in [0.25, 0.3) is 15.9 Å². The first-order valence-electron chi connectivity index (χ1n) is 9.07. The van der Waals surface area contributed by atoms with Gasteiger partial charge in [0.15, 0.2) is 0 Å². The molecule has 29 heavy (non-hydrogen) atoms. The molecule has 0 unspecified atom stereocenters. The third kappa shape index (κ3) is 5.36. The molecule has 0 spiro atoms. The smallest absolute Gasteiger partial charge is 0.261 e. The van der Waals surface area contributed by atoms with E-state index < -0.39 is 10.0 Å². The van der Waals surface area contributed by atoms with Crippen molar-refractivity contribution in [3.05, 3.63) is 90.0 Å². The molecule has 0 atom stereocenters. The van der Waals surface area contributed by atoms with E-state index in [1.165, 1.54) is 19.2 Å². The molecule has 0 fully saturated rings. The molecule has 0 aromatic heterocycles. The topological polar surface area (TPSA) is 84.5 Å². The van der Waals surface area contributed by atoms with E-state index in [-0.39, 0.29) is 22.1 Å². The van der Waals surface area contributed by atoms with Crippen molar-refractivity contribution in [2.45, 2.75) is 11.3 Å². The molecule has 0 bridgehead atoms. The lowest BCUT2D eigenvalue weighted by atomic mass is 10.1. The van der Waals surface area contributed by atoms with Crippen LogP contribution in [0.2, 0.25) is 0 Å². The maximum absolute atomic E-state index is 12.7. The van der Waals surface area contributed by atoms with Gasteiger partial charge in [-0.05, 0) is 48.4 Å². The highest BCUT2D eigenvalue weighted by atomic mass is 32.2. The van der Waals surface area contributed by atoms with Crippen molar-refractivity contribution >= 4 is 21.6 Å². The fourth-order valence-corrected chi connectivity index (χ4v) is 3.87. The highest BCUT2D eigenvalue weighted by Gasteiger charge is 2.18. The Hall–Kier alpha value is -3.32. The molecule has 0 heterocycles. The average molecular weight is 410 g/mol. The number of nitrogens with one attached hydrogen (secondary N) is 2. The van der Waals surface area contributed by atoms with E-state index in [4.69, 9.17) is 4.74 Å². The zero-order valence-electron chi connectivity index (χ0n) is 16.0. The van der Waals surface area contributed by atoms with Crippen molar-refractivity contribution in [1.82, 2.24) is 5.32 Å². The van der Waals surface area contributed by atoms with Crippen LogP contribution in [-0.2, 0) is 16.4 Å². The molecule has 3 aromatic carbocycles. The molecule has 1 amide bonds. The molecule has 2 N–H and O–H groups in total. The summed E-state index contributed by atoms with van der Waals surface area (Å²) in [5, 5.41) is 2.84. The van der Waals surface area contributed by atoms with Crippen LogP contribution >= 0.6 is 0 Å². The van der Waals surface area contributed by atoms with Crippen LogP contribution in [0.15, 0.2) is 83.8 Å². The maximum atomic E-state index is 12.7. The van der Waals surface area contributed by atoms with E-state index in [0.717, 1.165) is 5.56 Å². The van der Waals surface area contributed by atoms with Crippen molar-refractivity contribution in [3.8, 4) is 5.75 Å². The van der Waals surface area contributed by atoms with Crippen LogP contribution in [-0.4, -0.2) is 28.0 Å². The lowest BCUT2D eigenvalue weighted by Crippen LogP contribution is -2.27. The minimum atomic E-state index is -3.84. The molecule has 0 aliphatic rings. The standard InChI is InChI=1S/C22H22N2O4S/c1-28-18-11-13-19(14-12-18)29(26,27)24-21-10-6-5-9-20(21)22(25)23-16-15-17-7-3-2-4-8-17/h2-14,24H,15-16H2,1H3,(H,23,25). The van der Waals surface area contributed by atoms with E-state index >= 15 is 0 Å². The number of hydrogen-bond donors (Lipinski definition) is 2. The average Bonchev–Trinajstić information content (AvgIpc) is 2.74. The Labute approximate surface area is 170 Å². The number of sulfonamides is 1. The van der Waals surface area contributed by atoms with E-state index in [2.05, 4.69) is 10.0 Å². The number of carbonyl (C=O) groups is 1. The maximum Gasteiger partial charge on any atom is 0.261 e. The number of benzene rings is 3. The molecular weight excluding hydrogens is 388 g/mol. The fourth-order valence-electron chi connectivity index (χ4n) is 2.79. The second-order valence-electron chi connectivity index (χ2n) is 6.32. The zero-order valence-corrected chi connectivity index (χ0v) is 16.8. The van der Waals surface area contributed by atoms with Crippen molar-refractivity contribution in [2.75, 3.05) is 18.4 Å². The molecule has 6 nitrogen and oxygen atoms in total. The Balaban J connectivity index is 1.71. The summed E-state index contributed by atoms with van der Waals surface area (Å²) in [7, 11) is -2.34. The van der Waals surface area contributed by atoms with Crippen molar-refractivity contribution in [3.63, 3.8) is 0 Å². The number of carbonyl (C=O) groups excluding carboxylic acids is 1. The molecule has 0 aliphatic carbocycles. The van der Waals surface area contributed by atoms with Crippen LogP contribution < -0.4 is 14.8 Å². The van der Waals surface area contributed by atoms with Crippen LogP contribution in [0.4, 0.5) is 5.69 Å². The third-order valence-electron chi connectivity index (χ3n) is 4.33. The minimum absolute atomic E-state index is 0.0811. The summed E-state index contributed by atoms with van der Waals surface area (Å²) in [6.45, 7) is 0.447. The lowest BCUT2D eigenvalue weighted by molar-refractivity contribution is 0.0955. The number of anilines is 1. The van der Waals surface area contributed by atoms with Gasteiger partial charge in [0.05, 0.1) is 23.3 Å². The summed E-state index contributed by atoms with van der Waals surface area (Å²) < 4.78 is 32.9. The van der Waals surface area contributed by atoms with Crippen molar-refractivity contribution in [1.29, 1.82) is 0 Å². The van der Waals surface area contributed by atoms with Crippen LogP contribution in [0.3, 0.4) is 0 Å². The number of para-hydroxylation sites is 1. The van der Waals surface area contributed by atoms with E-state index in [9.17, 15) is 13.2 Å². The van der Waals surface area contributed by atoms with Crippen LogP contribution in [0, 0.1) is 0 Å². The van der Waals surface area contributed by atoms with Crippen LogP contribution in [0.1, 0.15) is 15.9 Å². The highest BCUT2D eigenvalue weighted by molar-refractivity contribution is 7.92. The highest BCUT2D eigenvalue weighted by Crippen LogP contribution is 2.22. The number of ether oxygens (including phenoxy) is 1. The van der Waals surface area contributed by atoms with E-state index in [1.54, 1.807) is 36.4 Å². The summed E-state index contributed by atoms with van der Waals surface area (Å²) in [6.07, 6.45) is 0.687. The van der Waals surface area contributed by atoms with Crippen LogP contribution in [0.5, 0.6) is 5.75 Å². The monoisotopic (exact) mass is 410 g/mol. The first kappa shape index (κ1) is 20.4. The van der Waals surface area contributed by atoms with Gasteiger partial charge in [-0.2, -0.15) is 0 Å². The Morgan fingerprint density at radius 1 is 0.897 bits per heavy atom. The molecule has 3 rings (SSSR count). The second kappa shape index (κ2) is 9.25. The Bertz CT molecular complexity index is 1070. The van der Waals surface area contributed by atoms with Gasteiger partial charge in [-0.3, -0.25) is 9.52 Å². The molecule has 0 saturated carbocycles. The summed E-state index contributed by atoms with van der Waals surface area (Å²) in [4.78, 5) is 12.7. The number of rotatable bonds is 8. The van der Waals surface area contributed by atoms with Gasteiger partial charge in [-0.1, -0.05) is 42.5 Å². The molecular formula is C22H22N2O4S. The zero-order chi connectivity index (χ0) is 20.7. The normalized spacial score (nSPS) is 10.9. The largest absolute Gasteiger partial charge is 0.497 e. The van der Waals surface area contributed by atoms with Gasteiger partial charge in [-0.15, -0.1) is 0 Å². The SMILES string of the molecule is COc1ccc(S(=O)(=O)Nc2ccccc2C(=O)NCCc2ccccc2)cc1. The quantitative estimate of drug-likeness (QED) is 0.596. The first-order valence-corrected chi connectivity index (χ1v) is 10.6. The molecule has 3 aromatic rings. The summed E-state index contributed by atoms with van der Waals surface area (Å²) >= 11 is 0. The summed E-state index contributed by atoms with van der Waals surface area (Å²) in [5.41, 5.74) is 1.60. The first-order chi connectivity index (χ1) is 14.0. The lowest BCUT2D eigenvalue weighted by Gasteiger charge is -2.13. The summed E-state index contributed by atoms with van der Waals surface area (Å²) in [5.74, 6) is 0.219. The van der Waals surface area contributed by atoms with Crippen molar-refractivity contribution < 1.29 is 17.9 Å². The molecule has 7 heteroatoms. The van der Waals surface area contributed by atoms with Crippen molar-refractivity contribution in [2.24, 2.45) is 0 Å². The molecule has 0 radical (unpaired) electrons. The van der Waals surface area contributed by atoms with Gasteiger partial charge in [0.1, 0.15) is 5.75 Å². The summed E-state index contributed by atoms with van der Waals surface area (Å²) in [6, 6.07) is 22.3. The minimum Gasteiger partial charge on any atom is -0.497 e. The fraction of sp³-hybridized carbons (Fsp3) is 0.136. The van der Waals surface area contributed by atoms with Gasteiger partial charge in [0.2, 0.25) is 0 Å². The number of amides is 1. The van der Waals surface area contributed by atoms with Gasteiger partial charge >= 0.3 is 0 Å². The van der Waals surface area contributed by atoms with Gasteiger partial charge < -0.3 is 10.1 Å². The number of hydrogen-bond acceptors (Lipinski definition) is 4. The third-order valence-corrected chi connectivity index (χ3v) is 5.71. The molecule has 0 aliphatic heterocycles. The van der Waals surface area contributed by atoms with Gasteiger partial charge in [-0.25, -0.2) is 8.42 Å². The number of methoxy groups -OCH3 is 1. The second-order valence-corrected chi connectivity index (χ2v) is 8.00. The van der Waals surface area contributed by atoms with Gasteiger partial charge in [0, 0.05) is 6.54 Å². The van der Waals surface area contributed by atoms with Crippen LogP contribution in [0.25, 0.3) is 0 Å². The van der Waals surface area contributed by atoms with E-state index in [1.807, 2.05) is 30.3 Å². The Morgan fingerprint density at radius 3 is 2.24 bits per heavy atom. The Morgan fingerprint density at radius 2 is 1.55 bits per heavy atom. The predicted molar refractivity (Wildman–Crippen MR) is 113 cm³/mol. The molecule has 0 saturated heterocycles. The predicted octanol–water partition coefficient (Wildman–Crippen LogP) is 3.47. The Kier molecular flexibility index (Phi) is 6.51.